The largest absolute Gasteiger partial charge is 0.279 e. The lowest BCUT2D eigenvalue weighted by molar-refractivity contribution is -0.125. The Bertz CT molecular complexity index is 258. The monoisotopic (exact) mass is 389 g/mol. The van der Waals surface area contributed by atoms with Gasteiger partial charge in [0.25, 0.3) is 0 Å². The first-order valence-corrected chi connectivity index (χ1v) is 10.9. The Morgan fingerprint density at radius 2 is 1.00 bits per heavy atom. The second-order valence-electron chi connectivity index (χ2n) is 6.77. The van der Waals surface area contributed by atoms with Gasteiger partial charge in [-0.1, -0.05) is 96.8 Å². The van der Waals surface area contributed by atoms with Crippen LogP contribution in [0.4, 0.5) is 0 Å². The standard InChI is InChI=1S/C20H40BrNO/c1-3-5-6-7-8-9-10-11-12-13-14-15-16-17-18-19-20(23)22(21)4-2/h3-19H2,1-2H3. The number of carbonyl (C=O) groups excluding carboxylic acids is 1. The first-order chi connectivity index (χ1) is 11.2. The van der Waals surface area contributed by atoms with E-state index in [9.17, 15) is 4.79 Å². The molecule has 0 radical (unpaired) electrons. The summed E-state index contributed by atoms with van der Waals surface area (Å²) < 4.78 is 1.64. The summed E-state index contributed by atoms with van der Waals surface area (Å²) in [6, 6.07) is 0. The van der Waals surface area contributed by atoms with Crippen LogP contribution in [0, 0.1) is 0 Å². The maximum Gasteiger partial charge on any atom is 0.232 e. The van der Waals surface area contributed by atoms with Crippen LogP contribution in [0.5, 0.6) is 0 Å². The van der Waals surface area contributed by atoms with Gasteiger partial charge in [-0.15, -0.1) is 0 Å². The molecule has 2 nitrogen and oxygen atoms in total. The number of nitrogens with zero attached hydrogens (tertiary/aromatic N) is 1. The zero-order chi connectivity index (χ0) is 17.2. The lowest BCUT2D eigenvalue weighted by Gasteiger charge is -2.10. The molecule has 0 aromatic rings. The molecule has 23 heavy (non-hydrogen) atoms. The van der Waals surface area contributed by atoms with Crippen LogP contribution in [0.15, 0.2) is 0 Å². The molecule has 0 N–H and O–H groups in total. The Morgan fingerprint density at radius 3 is 1.35 bits per heavy atom. The first-order valence-electron chi connectivity index (χ1n) is 10.2. The fourth-order valence-electron chi connectivity index (χ4n) is 2.95. The minimum absolute atomic E-state index is 0.224. The van der Waals surface area contributed by atoms with E-state index in [4.69, 9.17) is 0 Å². The van der Waals surface area contributed by atoms with E-state index in [0.29, 0.717) is 6.42 Å². The van der Waals surface area contributed by atoms with Gasteiger partial charge in [-0.3, -0.25) is 8.72 Å². The molecule has 0 aliphatic carbocycles. The van der Waals surface area contributed by atoms with Crippen LogP contribution in [-0.2, 0) is 4.79 Å². The molecule has 0 spiro atoms. The number of unbranched alkanes of at least 4 members (excludes halogenated alkanes) is 14. The predicted molar refractivity (Wildman–Crippen MR) is 106 cm³/mol. The van der Waals surface area contributed by atoms with Crippen LogP contribution in [-0.4, -0.2) is 16.4 Å². The van der Waals surface area contributed by atoms with Crippen molar-refractivity contribution in [3.8, 4) is 0 Å². The molecule has 0 fully saturated rings. The SMILES string of the molecule is CCCCCCCCCCCCCCCCCC(=O)N(Br)CC. The van der Waals surface area contributed by atoms with Gasteiger partial charge in [-0.05, 0) is 13.3 Å². The highest BCUT2D eigenvalue weighted by molar-refractivity contribution is 9.07. The van der Waals surface area contributed by atoms with E-state index in [2.05, 4.69) is 23.1 Å². The third-order valence-electron chi connectivity index (χ3n) is 4.54. The van der Waals surface area contributed by atoms with Gasteiger partial charge >= 0.3 is 0 Å². The maximum atomic E-state index is 11.6. The van der Waals surface area contributed by atoms with Crippen molar-refractivity contribution in [1.82, 2.24) is 3.93 Å². The maximum absolute atomic E-state index is 11.6. The van der Waals surface area contributed by atoms with Crippen LogP contribution in [0.25, 0.3) is 0 Å². The van der Waals surface area contributed by atoms with Gasteiger partial charge in [0.15, 0.2) is 0 Å². The van der Waals surface area contributed by atoms with Gasteiger partial charge in [-0.2, -0.15) is 0 Å². The van der Waals surface area contributed by atoms with E-state index in [1.807, 2.05) is 6.92 Å². The first kappa shape index (κ1) is 22.9. The zero-order valence-electron chi connectivity index (χ0n) is 15.8. The summed E-state index contributed by atoms with van der Waals surface area (Å²) in [4.78, 5) is 11.6. The van der Waals surface area contributed by atoms with Crippen LogP contribution in [0.3, 0.4) is 0 Å². The van der Waals surface area contributed by atoms with Gasteiger partial charge in [0, 0.05) is 13.0 Å². The number of halogens is 1. The summed E-state index contributed by atoms with van der Waals surface area (Å²) in [6.07, 6.45) is 21.2. The van der Waals surface area contributed by atoms with E-state index in [-0.39, 0.29) is 5.91 Å². The predicted octanol–water partition coefficient (Wildman–Crippen LogP) is 7.41. The fraction of sp³-hybridized carbons (Fsp3) is 0.950. The number of hydrogen-bond donors (Lipinski definition) is 0. The minimum atomic E-state index is 0.224. The molecule has 0 heterocycles. The molecule has 0 saturated carbocycles. The van der Waals surface area contributed by atoms with Crippen molar-refractivity contribution in [2.45, 2.75) is 117 Å². The van der Waals surface area contributed by atoms with E-state index < -0.39 is 0 Å². The van der Waals surface area contributed by atoms with Gasteiger partial charge in [0.05, 0.1) is 16.1 Å². The Balaban J connectivity index is 3.09. The highest BCUT2D eigenvalue weighted by Crippen LogP contribution is 2.14. The number of amides is 1. The molecule has 0 rings (SSSR count). The van der Waals surface area contributed by atoms with Gasteiger partial charge in [0.2, 0.25) is 5.91 Å². The number of hydrogen-bond acceptors (Lipinski definition) is 1. The summed E-state index contributed by atoms with van der Waals surface area (Å²) in [6.45, 7) is 5.01. The van der Waals surface area contributed by atoms with Crippen LogP contribution in [0.2, 0.25) is 0 Å². The summed E-state index contributed by atoms with van der Waals surface area (Å²) >= 11 is 3.27. The topological polar surface area (TPSA) is 20.3 Å². The summed E-state index contributed by atoms with van der Waals surface area (Å²) in [5, 5.41) is 0. The molecule has 0 aromatic heterocycles. The van der Waals surface area contributed by atoms with E-state index >= 15 is 0 Å². The molecule has 0 aromatic carbocycles. The average Bonchev–Trinajstić information content (AvgIpc) is 2.57. The van der Waals surface area contributed by atoms with Gasteiger partial charge in [0.1, 0.15) is 0 Å². The van der Waals surface area contributed by atoms with Crippen molar-refractivity contribution in [3.05, 3.63) is 0 Å². The molecule has 138 valence electrons. The van der Waals surface area contributed by atoms with Crippen LogP contribution >= 0.6 is 16.1 Å². The van der Waals surface area contributed by atoms with Crippen molar-refractivity contribution in [2.75, 3.05) is 6.54 Å². The van der Waals surface area contributed by atoms with E-state index in [1.165, 1.54) is 89.9 Å². The van der Waals surface area contributed by atoms with Crippen LogP contribution < -0.4 is 0 Å². The molecule has 0 saturated heterocycles. The summed E-state index contributed by atoms with van der Waals surface area (Å²) in [5.74, 6) is 0.224. The minimum Gasteiger partial charge on any atom is -0.279 e. The molecule has 1 amide bonds. The van der Waals surface area contributed by atoms with E-state index in [0.717, 1.165) is 13.0 Å². The lowest BCUT2D eigenvalue weighted by Crippen LogP contribution is -2.19. The number of rotatable bonds is 17. The zero-order valence-corrected chi connectivity index (χ0v) is 17.3. The second-order valence-corrected chi connectivity index (χ2v) is 7.63. The molecule has 0 bridgehead atoms. The van der Waals surface area contributed by atoms with Gasteiger partial charge < -0.3 is 0 Å². The second kappa shape index (κ2) is 18.3. The third-order valence-corrected chi connectivity index (χ3v) is 5.44. The van der Waals surface area contributed by atoms with Crippen molar-refractivity contribution in [2.24, 2.45) is 0 Å². The number of carbonyl (C=O) groups is 1. The lowest BCUT2D eigenvalue weighted by atomic mass is 10.0. The summed E-state index contributed by atoms with van der Waals surface area (Å²) in [5.41, 5.74) is 0. The molecular formula is C20H40BrNO. The van der Waals surface area contributed by atoms with E-state index in [1.54, 1.807) is 3.93 Å². The summed E-state index contributed by atoms with van der Waals surface area (Å²) in [7, 11) is 0. The highest BCUT2D eigenvalue weighted by atomic mass is 79.9. The van der Waals surface area contributed by atoms with Crippen LogP contribution in [0.1, 0.15) is 117 Å². The Hall–Kier alpha value is -0.0500. The normalized spacial score (nSPS) is 10.9. The van der Waals surface area contributed by atoms with Crippen molar-refractivity contribution in [3.63, 3.8) is 0 Å². The molecule has 3 heteroatoms. The van der Waals surface area contributed by atoms with Crippen molar-refractivity contribution < 1.29 is 4.79 Å². The van der Waals surface area contributed by atoms with Gasteiger partial charge in [-0.25, -0.2) is 0 Å². The Morgan fingerprint density at radius 1 is 0.652 bits per heavy atom. The smallest absolute Gasteiger partial charge is 0.232 e. The Kier molecular flexibility index (Phi) is 18.3. The highest BCUT2D eigenvalue weighted by Gasteiger charge is 2.06. The van der Waals surface area contributed by atoms with Crippen molar-refractivity contribution >= 4 is 22.1 Å². The average molecular weight is 390 g/mol. The third kappa shape index (κ3) is 16.6. The Labute approximate surface area is 154 Å². The quantitative estimate of drug-likeness (QED) is 0.187. The molecule has 0 atom stereocenters. The van der Waals surface area contributed by atoms with Crippen molar-refractivity contribution in [1.29, 1.82) is 0 Å². The molecule has 0 unspecified atom stereocenters. The molecule has 0 aliphatic heterocycles. The fourth-order valence-corrected chi connectivity index (χ4v) is 3.12. The molecular weight excluding hydrogens is 350 g/mol. The molecule has 0 aliphatic rings.